The highest BCUT2D eigenvalue weighted by Crippen LogP contribution is 2.21. The Balaban J connectivity index is 1.63. The van der Waals surface area contributed by atoms with Gasteiger partial charge in [0.2, 0.25) is 0 Å². The quantitative estimate of drug-likeness (QED) is 0.519. The van der Waals surface area contributed by atoms with Crippen LogP contribution >= 0.6 is 11.8 Å². The minimum Gasteiger partial charge on any atom is -0.381 e. The summed E-state index contributed by atoms with van der Waals surface area (Å²) >= 11 is 1.89. The van der Waals surface area contributed by atoms with Gasteiger partial charge in [-0.15, -0.1) is 11.8 Å². The van der Waals surface area contributed by atoms with E-state index in [-0.39, 0.29) is 0 Å². The van der Waals surface area contributed by atoms with E-state index in [1.807, 2.05) is 11.8 Å². The third-order valence-corrected chi connectivity index (χ3v) is 4.17. The highest BCUT2D eigenvalue weighted by atomic mass is 32.2. The molecule has 1 N–H and O–H groups in total. The van der Waals surface area contributed by atoms with Crippen molar-refractivity contribution in [1.29, 1.82) is 0 Å². The minimum absolute atomic E-state index is 0.781. The first kappa shape index (κ1) is 14.9. The fraction of sp³-hybridized carbons (Fsp3) is 0.625. The first-order valence-electron chi connectivity index (χ1n) is 7.41. The van der Waals surface area contributed by atoms with E-state index >= 15 is 0 Å². The fourth-order valence-corrected chi connectivity index (χ4v) is 2.71. The van der Waals surface area contributed by atoms with Gasteiger partial charge in [-0.25, -0.2) is 0 Å². The topological polar surface area (TPSA) is 21.3 Å². The smallest absolute Gasteiger partial charge is 0.0560 e. The lowest BCUT2D eigenvalue weighted by Gasteiger charge is -2.07. The average molecular weight is 279 g/mol. The summed E-state index contributed by atoms with van der Waals surface area (Å²) in [5.74, 6) is 1.04. The summed E-state index contributed by atoms with van der Waals surface area (Å²) in [6, 6.07) is 9.63. The van der Waals surface area contributed by atoms with Crippen molar-refractivity contribution in [3.8, 4) is 0 Å². The number of unbranched alkanes of at least 4 members (excludes halogenated alkanes) is 1. The maximum absolute atomic E-state index is 5.58. The van der Waals surface area contributed by atoms with Crippen LogP contribution in [-0.4, -0.2) is 25.0 Å². The van der Waals surface area contributed by atoms with E-state index in [1.54, 1.807) is 0 Å². The predicted octanol–water partition coefficient (Wildman–Crippen LogP) is 3.85. The molecule has 0 aromatic heterocycles. The van der Waals surface area contributed by atoms with Crippen LogP contribution in [0, 0.1) is 0 Å². The second-order valence-electron chi connectivity index (χ2n) is 5.12. The number of thioether (sulfide) groups is 1. The predicted molar refractivity (Wildman–Crippen MR) is 82.8 cm³/mol. The van der Waals surface area contributed by atoms with Crippen LogP contribution in [0.15, 0.2) is 29.2 Å². The molecule has 106 valence electrons. The van der Waals surface area contributed by atoms with Gasteiger partial charge in [0.05, 0.1) is 6.61 Å². The number of rotatable bonds is 10. The van der Waals surface area contributed by atoms with Gasteiger partial charge in [-0.05, 0) is 37.0 Å². The summed E-state index contributed by atoms with van der Waals surface area (Å²) < 4.78 is 5.58. The molecule has 0 unspecified atom stereocenters. The highest BCUT2D eigenvalue weighted by Gasteiger charge is 2.19. The molecule has 2 rings (SSSR count). The van der Waals surface area contributed by atoms with Gasteiger partial charge in [0.15, 0.2) is 0 Å². The maximum atomic E-state index is 5.58. The van der Waals surface area contributed by atoms with Crippen molar-refractivity contribution in [3.63, 3.8) is 0 Å². The third-order valence-electron chi connectivity index (χ3n) is 3.21. The van der Waals surface area contributed by atoms with Crippen LogP contribution < -0.4 is 5.32 Å². The summed E-state index contributed by atoms with van der Waals surface area (Å²) in [6.45, 7) is 4.96. The van der Waals surface area contributed by atoms with Crippen LogP contribution in [0.5, 0.6) is 0 Å². The van der Waals surface area contributed by atoms with Crippen molar-refractivity contribution in [2.45, 2.75) is 50.1 Å². The molecule has 19 heavy (non-hydrogen) atoms. The zero-order chi connectivity index (χ0) is 13.3. The van der Waals surface area contributed by atoms with Gasteiger partial charge in [-0.3, -0.25) is 0 Å². The molecule has 1 aromatic carbocycles. The molecular formula is C16H25NOS. The maximum Gasteiger partial charge on any atom is 0.0560 e. The van der Waals surface area contributed by atoms with E-state index in [2.05, 4.69) is 36.5 Å². The van der Waals surface area contributed by atoms with Gasteiger partial charge in [-0.1, -0.05) is 25.5 Å². The SMILES string of the molecule is CCCCOCCSc1cccc(CNC2CC2)c1. The Hall–Kier alpha value is -0.510. The van der Waals surface area contributed by atoms with Crippen molar-refractivity contribution in [1.82, 2.24) is 5.32 Å². The van der Waals surface area contributed by atoms with E-state index in [0.717, 1.165) is 31.6 Å². The summed E-state index contributed by atoms with van der Waals surface area (Å²) in [4.78, 5) is 1.36. The van der Waals surface area contributed by atoms with Crippen molar-refractivity contribution >= 4 is 11.8 Å². The fourth-order valence-electron chi connectivity index (χ4n) is 1.86. The zero-order valence-corrected chi connectivity index (χ0v) is 12.7. The van der Waals surface area contributed by atoms with E-state index in [0.29, 0.717) is 0 Å². The summed E-state index contributed by atoms with van der Waals surface area (Å²) in [5.41, 5.74) is 1.39. The molecule has 0 aliphatic heterocycles. The number of hydrogen-bond donors (Lipinski definition) is 1. The van der Waals surface area contributed by atoms with Crippen LogP contribution in [0.2, 0.25) is 0 Å². The Morgan fingerprint density at radius 3 is 3.00 bits per heavy atom. The van der Waals surface area contributed by atoms with E-state index in [4.69, 9.17) is 4.74 Å². The van der Waals surface area contributed by atoms with E-state index in [9.17, 15) is 0 Å². The Bertz CT molecular complexity index is 366. The first-order chi connectivity index (χ1) is 9.38. The Kier molecular flexibility index (Phi) is 6.75. The van der Waals surface area contributed by atoms with Crippen LogP contribution in [-0.2, 0) is 11.3 Å². The highest BCUT2D eigenvalue weighted by molar-refractivity contribution is 7.99. The van der Waals surface area contributed by atoms with Crippen LogP contribution in [0.4, 0.5) is 0 Å². The molecule has 2 nitrogen and oxygen atoms in total. The molecule has 0 spiro atoms. The zero-order valence-electron chi connectivity index (χ0n) is 11.9. The van der Waals surface area contributed by atoms with Crippen molar-refractivity contribution < 1.29 is 4.74 Å². The van der Waals surface area contributed by atoms with Gasteiger partial charge < -0.3 is 10.1 Å². The van der Waals surface area contributed by atoms with Crippen molar-refractivity contribution in [3.05, 3.63) is 29.8 Å². The standard InChI is InChI=1S/C16H25NOS/c1-2-3-9-18-10-11-19-16-6-4-5-14(12-16)13-17-15-7-8-15/h4-6,12,15,17H,2-3,7-11,13H2,1H3. The summed E-state index contributed by atoms with van der Waals surface area (Å²) in [7, 11) is 0. The van der Waals surface area contributed by atoms with Crippen LogP contribution in [0.25, 0.3) is 0 Å². The monoisotopic (exact) mass is 279 g/mol. The molecule has 1 aromatic rings. The van der Waals surface area contributed by atoms with Crippen molar-refractivity contribution in [2.24, 2.45) is 0 Å². The molecule has 1 saturated carbocycles. The molecule has 3 heteroatoms. The molecule has 1 aliphatic carbocycles. The Labute approximate surface area is 121 Å². The normalized spacial score (nSPS) is 14.8. The van der Waals surface area contributed by atoms with E-state index in [1.165, 1.54) is 36.1 Å². The molecule has 0 heterocycles. The Morgan fingerprint density at radius 1 is 1.32 bits per heavy atom. The molecule has 0 bridgehead atoms. The second kappa shape index (κ2) is 8.62. The van der Waals surface area contributed by atoms with Crippen molar-refractivity contribution in [2.75, 3.05) is 19.0 Å². The molecule has 0 atom stereocenters. The largest absolute Gasteiger partial charge is 0.381 e. The molecule has 0 saturated heterocycles. The number of ether oxygens (including phenoxy) is 1. The van der Waals surface area contributed by atoms with E-state index < -0.39 is 0 Å². The van der Waals surface area contributed by atoms with Gasteiger partial charge in [0, 0.05) is 29.8 Å². The molecule has 0 amide bonds. The second-order valence-corrected chi connectivity index (χ2v) is 6.29. The minimum atomic E-state index is 0.781. The number of hydrogen-bond acceptors (Lipinski definition) is 3. The van der Waals surface area contributed by atoms with Gasteiger partial charge >= 0.3 is 0 Å². The number of benzene rings is 1. The van der Waals surface area contributed by atoms with Gasteiger partial charge in [-0.2, -0.15) is 0 Å². The van der Waals surface area contributed by atoms with Crippen LogP contribution in [0.3, 0.4) is 0 Å². The molecule has 1 aliphatic rings. The summed E-state index contributed by atoms with van der Waals surface area (Å²) in [5, 5.41) is 3.56. The lowest BCUT2D eigenvalue weighted by atomic mass is 10.2. The third kappa shape index (κ3) is 6.46. The van der Waals surface area contributed by atoms with Gasteiger partial charge in [0.1, 0.15) is 0 Å². The first-order valence-corrected chi connectivity index (χ1v) is 8.40. The Morgan fingerprint density at radius 2 is 2.21 bits per heavy atom. The van der Waals surface area contributed by atoms with Crippen LogP contribution in [0.1, 0.15) is 38.2 Å². The lowest BCUT2D eigenvalue weighted by molar-refractivity contribution is 0.147. The number of nitrogens with one attached hydrogen (secondary N) is 1. The molecular weight excluding hydrogens is 254 g/mol. The average Bonchev–Trinajstić information content (AvgIpc) is 3.25. The molecule has 1 fully saturated rings. The molecule has 0 radical (unpaired) electrons. The van der Waals surface area contributed by atoms with Gasteiger partial charge in [0.25, 0.3) is 0 Å². The summed E-state index contributed by atoms with van der Waals surface area (Å²) in [6.07, 6.45) is 5.09. The lowest BCUT2D eigenvalue weighted by Crippen LogP contribution is -2.15.